The summed E-state index contributed by atoms with van der Waals surface area (Å²) in [6, 6.07) is 10.8. The Hall–Kier alpha value is -3.06. The number of aryl methyl sites for hydroxylation is 1. The standard InChI is InChI=1S/C22H25ClN4O3/c1-15-21(27-13-7-5-8-19(27)25-15)22(29)24-12-6-3-4-9-20(28)26-16-10-11-18(30-2)17(23)14-16/h5,7-8,10-11,13-14H,3-4,6,9,12H2,1-2H3,(H,24,29)(H,26,28). The number of methoxy groups -OCH3 is 1. The number of fused-ring (bicyclic) bond motifs is 1. The Balaban J connectivity index is 1.37. The predicted molar refractivity (Wildman–Crippen MR) is 117 cm³/mol. The highest BCUT2D eigenvalue weighted by Crippen LogP contribution is 2.27. The summed E-state index contributed by atoms with van der Waals surface area (Å²) in [4.78, 5) is 29.0. The van der Waals surface area contributed by atoms with E-state index in [9.17, 15) is 9.59 Å². The molecule has 0 unspecified atom stereocenters. The first-order chi connectivity index (χ1) is 14.5. The van der Waals surface area contributed by atoms with Gasteiger partial charge < -0.3 is 15.4 Å². The molecule has 0 saturated carbocycles. The van der Waals surface area contributed by atoms with Crippen LogP contribution in [0.5, 0.6) is 5.75 Å². The van der Waals surface area contributed by atoms with Gasteiger partial charge in [0.25, 0.3) is 5.91 Å². The van der Waals surface area contributed by atoms with Gasteiger partial charge in [-0.2, -0.15) is 0 Å². The minimum atomic E-state index is -0.139. The molecule has 30 heavy (non-hydrogen) atoms. The second kappa shape index (κ2) is 10.1. The molecular weight excluding hydrogens is 404 g/mol. The van der Waals surface area contributed by atoms with Gasteiger partial charge in [-0.15, -0.1) is 0 Å². The van der Waals surface area contributed by atoms with Crippen molar-refractivity contribution in [2.75, 3.05) is 19.0 Å². The fourth-order valence-electron chi connectivity index (χ4n) is 3.23. The molecule has 0 aliphatic carbocycles. The van der Waals surface area contributed by atoms with Gasteiger partial charge in [0, 0.05) is 24.8 Å². The van der Waals surface area contributed by atoms with Gasteiger partial charge in [-0.3, -0.25) is 14.0 Å². The van der Waals surface area contributed by atoms with E-state index in [2.05, 4.69) is 15.6 Å². The zero-order valence-electron chi connectivity index (χ0n) is 17.1. The van der Waals surface area contributed by atoms with Crippen LogP contribution in [0.3, 0.4) is 0 Å². The third-order valence-corrected chi connectivity index (χ3v) is 5.02. The average molecular weight is 429 g/mol. The summed E-state index contributed by atoms with van der Waals surface area (Å²) in [6.07, 6.45) is 4.61. The number of nitrogens with zero attached hydrogens (tertiary/aromatic N) is 2. The van der Waals surface area contributed by atoms with Gasteiger partial charge in [-0.1, -0.05) is 24.1 Å². The van der Waals surface area contributed by atoms with E-state index in [0.29, 0.717) is 40.8 Å². The van der Waals surface area contributed by atoms with Crippen molar-refractivity contribution in [3.8, 4) is 5.75 Å². The molecule has 0 radical (unpaired) electrons. The van der Waals surface area contributed by atoms with Crippen LogP contribution in [0, 0.1) is 6.92 Å². The minimum absolute atomic E-state index is 0.0679. The summed E-state index contributed by atoms with van der Waals surface area (Å²) in [6.45, 7) is 2.38. The molecule has 0 spiro atoms. The third kappa shape index (κ3) is 5.30. The first-order valence-corrected chi connectivity index (χ1v) is 10.2. The number of amides is 2. The zero-order valence-corrected chi connectivity index (χ0v) is 17.8. The summed E-state index contributed by atoms with van der Waals surface area (Å²) in [5, 5.41) is 6.21. The summed E-state index contributed by atoms with van der Waals surface area (Å²) >= 11 is 6.06. The molecule has 0 aliphatic rings. The topological polar surface area (TPSA) is 84.7 Å². The molecule has 0 aliphatic heterocycles. The molecule has 2 aromatic heterocycles. The smallest absolute Gasteiger partial charge is 0.270 e. The number of aromatic nitrogens is 2. The lowest BCUT2D eigenvalue weighted by atomic mass is 10.2. The van der Waals surface area contributed by atoms with Crippen molar-refractivity contribution >= 4 is 34.7 Å². The number of ether oxygens (including phenoxy) is 1. The molecular formula is C22H25ClN4O3. The summed E-state index contributed by atoms with van der Waals surface area (Å²) in [5.41, 5.74) is 2.66. The van der Waals surface area contributed by atoms with Crippen molar-refractivity contribution in [3.63, 3.8) is 0 Å². The molecule has 1 aromatic carbocycles. The summed E-state index contributed by atoms with van der Waals surface area (Å²) < 4.78 is 6.89. The van der Waals surface area contributed by atoms with Crippen LogP contribution in [-0.4, -0.2) is 34.9 Å². The summed E-state index contributed by atoms with van der Waals surface area (Å²) in [5.74, 6) is 0.359. The number of unbranched alkanes of at least 4 members (excludes halogenated alkanes) is 2. The molecule has 8 heteroatoms. The fourth-order valence-corrected chi connectivity index (χ4v) is 3.49. The Bertz CT molecular complexity index is 1050. The SMILES string of the molecule is COc1ccc(NC(=O)CCCCCNC(=O)c2c(C)nc3ccccn23)cc1Cl. The zero-order chi connectivity index (χ0) is 21.5. The van der Waals surface area contributed by atoms with E-state index in [0.717, 1.165) is 24.9 Å². The van der Waals surface area contributed by atoms with Crippen LogP contribution in [0.25, 0.3) is 5.65 Å². The maximum atomic E-state index is 12.5. The van der Waals surface area contributed by atoms with Gasteiger partial charge in [0.05, 0.1) is 17.8 Å². The van der Waals surface area contributed by atoms with Gasteiger partial charge in [0.15, 0.2) is 0 Å². The largest absolute Gasteiger partial charge is 0.495 e. The van der Waals surface area contributed by atoms with E-state index in [1.807, 2.05) is 31.3 Å². The lowest BCUT2D eigenvalue weighted by Crippen LogP contribution is -2.26. The number of nitrogens with one attached hydrogen (secondary N) is 2. The molecule has 0 fully saturated rings. The number of benzene rings is 1. The van der Waals surface area contributed by atoms with Crippen molar-refractivity contribution in [2.24, 2.45) is 0 Å². The molecule has 158 valence electrons. The number of hydrogen-bond donors (Lipinski definition) is 2. The van der Waals surface area contributed by atoms with Crippen molar-refractivity contribution in [2.45, 2.75) is 32.6 Å². The van der Waals surface area contributed by atoms with Crippen LogP contribution >= 0.6 is 11.6 Å². The van der Waals surface area contributed by atoms with Crippen LogP contribution in [-0.2, 0) is 4.79 Å². The van der Waals surface area contributed by atoms with E-state index in [1.54, 1.807) is 29.7 Å². The van der Waals surface area contributed by atoms with Crippen molar-refractivity contribution in [3.05, 3.63) is 59.0 Å². The average Bonchev–Trinajstić information content (AvgIpc) is 3.06. The monoisotopic (exact) mass is 428 g/mol. The Morgan fingerprint density at radius 2 is 2.00 bits per heavy atom. The molecule has 2 heterocycles. The number of anilines is 1. The molecule has 0 atom stereocenters. The second-order valence-corrected chi connectivity index (χ2v) is 7.35. The molecule has 0 saturated heterocycles. The van der Waals surface area contributed by atoms with E-state index in [4.69, 9.17) is 16.3 Å². The van der Waals surface area contributed by atoms with Gasteiger partial charge in [0.1, 0.15) is 17.1 Å². The van der Waals surface area contributed by atoms with Gasteiger partial charge in [0.2, 0.25) is 5.91 Å². The highest BCUT2D eigenvalue weighted by Gasteiger charge is 2.15. The number of hydrogen-bond acceptors (Lipinski definition) is 4. The van der Waals surface area contributed by atoms with E-state index >= 15 is 0 Å². The number of carbonyl (C=O) groups excluding carboxylic acids is 2. The van der Waals surface area contributed by atoms with E-state index in [1.165, 1.54) is 0 Å². The predicted octanol–water partition coefficient (Wildman–Crippen LogP) is 4.23. The number of pyridine rings is 1. The molecule has 7 nitrogen and oxygen atoms in total. The van der Waals surface area contributed by atoms with E-state index in [-0.39, 0.29) is 11.8 Å². The Morgan fingerprint density at radius 1 is 1.17 bits per heavy atom. The van der Waals surface area contributed by atoms with Crippen molar-refractivity contribution in [1.82, 2.24) is 14.7 Å². The number of imidazole rings is 1. The van der Waals surface area contributed by atoms with Crippen molar-refractivity contribution in [1.29, 1.82) is 0 Å². The number of rotatable bonds is 9. The molecule has 3 aromatic rings. The minimum Gasteiger partial charge on any atom is -0.495 e. The molecule has 0 bridgehead atoms. The fraction of sp³-hybridized carbons (Fsp3) is 0.318. The molecule has 2 amide bonds. The summed E-state index contributed by atoms with van der Waals surface area (Å²) in [7, 11) is 1.54. The first-order valence-electron chi connectivity index (χ1n) is 9.85. The van der Waals surface area contributed by atoms with Crippen LogP contribution in [0.4, 0.5) is 5.69 Å². The highest BCUT2D eigenvalue weighted by atomic mass is 35.5. The normalized spacial score (nSPS) is 10.8. The quantitative estimate of drug-likeness (QED) is 0.499. The van der Waals surface area contributed by atoms with Gasteiger partial charge in [-0.05, 0) is 50.1 Å². The van der Waals surface area contributed by atoms with Crippen LogP contribution in [0.1, 0.15) is 41.9 Å². The number of halogens is 1. The lowest BCUT2D eigenvalue weighted by Gasteiger charge is -2.08. The van der Waals surface area contributed by atoms with Crippen LogP contribution in [0.2, 0.25) is 5.02 Å². The number of carbonyl (C=O) groups is 2. The van der Waals surface area contributed by atoms with Crippen LogP contribution < -0.4 is 15.4 Å². The lowest BCUT2D eigenvalue weighted by molar-refractivity contribution is -0.116. The molecule has 2 N–H and O–H groups in total. The van der Waals surface area contributed by atoms with Crippen LogP contribution in [0.15, 0.2) is 42.6 Å². The van der Waals surface area contributed by atoms with Gasteiger partial charge in [-0.25, -0.2) is 4.98 Å². The Labute approximate surface area is 180 Å². The Morgan fingerprint density at radius 3 is 2.77 bits per heavy atom. The highest BCUT2D eigenvalue weighted by molar-refractivity contribution is 6.32. The maximum absolute atomic E-state index is 12.5. The maximum Gasteiger partial charge on any atom is 0.270 e. The second-order valence-electron chi connectivity index (χ2n) is 6.94. The Kier molecular flexibility index (Phi) is 7.30. The third-order valence-electron chi connectivity index (χ3n) is 4.72. The van der Waals surface area contributed by atoms with Gasteiger partial charge >= 0.3 is 0 Å². The molecule has 3 rings (SSSR count). The van der Waals surface area contributed by atoms with Crippen molar-refractivity contribution < 1.29 is 14.3 Å². The first kappa shape index (κ1) is 21.6. The van der Waals surface area contributed by atoms with E-state index < -0.39 is 0 Å².